The maximum atomic E-state index is 11.7. The van der Waals surface area contributed by atoms with Gasteiger partial charge in [-0.25, -0.2) is 0 Å². The van der Waals surface area contributed by atoms with Crippen LogP contribution in [0, 0.1) is 0 Å². The van der Waals surface area contributed by atoms with Gasteiger partial charge in [-0.15, -0.1) is 10.2 Å². The fourth-order valence-corrected chi connectivity index (χ4v) is 1.82. The molecule has 8 nitrogen and oxygen atoms in total. The third-order valence-electron chi connectivity index (χ3n) is 2.86. The summed E-state index contributed by atoms with van der Waals surface area (Å²) in [5.74, 6) is 0.879. The molecule has 0 atom stereocenters. The molecule has 1 amide bonds. The van der Waals surface area contributed by atoms with Gasteiger partial charge in [0, 0.05) is 18.7 Å². The molecule has 0 bridgehead atoms. The third kappa shape index (κ3) is 2.79. The Labute approximate surface area is 119 Å². The fourth-order valence-electron chi connectivity index (χ4n) is 1.82. The van der Waals surface area contributed by atoms with E-state index in [0.29, 0.717) is 30.0 Å². The average molecular weight is 291 g/mol. The molecule has 8 heteroatoms. The molecule has 0 spiro atoms. The molecule has 0 saturated carbocycles. The number of carbonyl (C=O) groups is 1. The summed E-state index contributed by atoms with van der Waals surface area (Å²) in [4.78, 5) is 11.7. The number of fused-ring (bicyclic) bond motifs is 1. The van der Waals surface area contributed by atoms with E-state index >= 15 is 0 Å². The summed E-state index contributed by atoms with van der Waals surface area (Å²) in [7, 11) is 0. The predicted octanol–water partition coefficient (Wildman–Crippen LogP) is 0.577. The standard InChI is InChI=1S/C13H13N3O5/c17-5-1-4-14-11(18)13-16-15-12(21-13)8-2-3-9-10(6-8)20-7-19-9/h2-3,6,17H,1,4-5,7H2,(H,14,18). The molecule has 0 fully saturated rings. The van der Waals surface area contributed by atoms with E-state index in [2.05, 4.69) is 15.5 Å². The van der Waals surface area contributed by atoms with Crippen LogP contribution in [-0.2, 0) is 0 Å². The minimum Gasteiger partial charge on any atom is -0.454 e. The lowest BCUT2D eigenvalue weighted by atomic mass is 10.2. The first-order chi connectivity index (χ1) is 10.3. The zero-order valence-corrected chi connectivity index (χ0v) is 11.0. The van der Waals surface area contributed by atoms with Crippen molar-refractivity contribution < 1.29 is 23.8 Å². The Hall–Kier alpha value is -2.61. The van der Waals surface area contributed by atoms with Gasteiger partial charge in [-0.1, -0.05) is 0 Å². The van der Waals surface area contributed by atoms with Crippen LogP contribution in [0.25, 0.3) is 11.5 Å². The Bertz CT molecular complexity index is 655. The van der Waals surface area contributed by atoms with Gasteiger partial charge in [-0.05, 0) is 24.6 Å². The molecule has 0 aliphatic carbocycles. The van der Waals surface area contributed by atoms with Crippen LogP contribution >= 0.6 is 0 Å². The lowest BCUT2D eigenvalue weighted by Crippen LogP contribution is -2.25. The van der Waals surface area contributed by atoms with Crippen molar-refractivity contribution in [1.29, 1.82) is 0 Å². The number of aliphatic hydroxyl groups is 1. The molecule has 0 unspecified atom stereocenters. The average Bonchev–Trinajstić information content (AvgIpc) is 3.15. The number of hydrogen-bond acceptors (Lipinski definition) is 7. The number of benzene rings is 1. The van der Waals surface area contributed by atoms with Crippen LogP contribution in [-0.4, -0.2) is 41.2 Å². The van der Waals surface area contributed by atoms with Crippen molar-refractivity contribution in [3.63, 3.8) is 0 Å². The Balaban J connectivity index is 1.74. The normalized spacial score (nSPS) is 12.4. The van der Waals surface area contributed by atoms with Gasteiger partial charge in [0.25, 0.3) is 0 Å². The molecule has 2 N–H and O–H groups in total. The van der Waals surface area contributed by atoms with Crippen molar-refractivity contribution in [2.24, 2.45) is 0 Å². The molecule has 2 heterocycles. The van der Waals surface area contributed by atoms with Crippen LogP contribution in [0.15, 0.2) is 22.6 Å². The molecule has 1 aliphatic rings. The van der Waals surface area contributed by atoms with Crippen LogP contribution < -0.4 is 14.8 Å². The molecule has 1 aliphatic heterocycles. The van der Waals surface area contributed by atoms with E-state index in [9.17, 15) is 4.79 Å². The van der Waals surface area contributed by atoms with Crippen molar-refractivity contribution in [2.45, 2.75) is 6.42 Å². The van der Waals surface area contributed by atoms with Crippen LogP contribution in [0.5, 0.6) is 11.5 Å². The van der Waals surface area contributed by atoms with Crippen molar-refractivity contribution in [3.8, 4) is 23.0 Å². The number of hydrogen-bond donors (Lipinski definition) is 2. The zero-order chi connectivity index (χ0) is 14.7. The second kappa shape index (κ2) is 5.80. The summed E-state index contributed by atoms with van der Waals surface area (Å²) in [6.07, 6.45) is 0.467. The first kappa shape index (κ1) is 13.4. The predicted molar refractivity (Wildman–Crippen MR) is 69.9 cm³/mol. The highest BCUT2D eigenvalue weighted by Gasteiger charge is 2.18. The number of amides is 1. The van der Waals surface area contributed by atoms with E-state index in [-0.39, 0.29) is 25.2 Å². The van der Waals surface area contributed by atoms with Gasteiger partial charge in [0.2, 0.25) is 12.7 Å². The second-order valence-electron chi connectivity index (χ2n) is 4.31. The topological polar surface area (TPSA) is 107 Å². The monoisotopic (exact) mass is 291 g/mol. The van der Waals surface area contributed by atoms with E-state index in [1.165, 1.54) is 0 Å². The van der Waals surface area contributed by atoms with Gasteiger partial charge in [-0.3, -0.25) is 4.79 Å². The number of carbonyl (C=O) groups excluding carboxylic acids is 1. The second-order valence-corrected chi connectivity index (χ2v) is 4.31. The van der Waals surface area contributed by atoms with Crippen LogP contribution in [0.3, 0.4) is 0 Å². The number of aromatic nitrogens is 2. The summed E-state index contributed by atoms with van der Waals surface area (Å²) >= 11 is 0. The number of aliphatic hydroxyl groups excluding tert-OH is 1. The molecule has 3 rings (SSSR count). The smallest absolute Gasteiger partial charge is 0.308 e. The first-order valence-electron chi connectivity index (χ1n) is 6.40. The molecule has 0 saturated heterocycles. The minimum absolute atomic E-state index is 0.00651. The Kier molecular flexibility index (Phi) is 3.69. The van der Waals surface area contributed by atoms with E-state index in [1.807, 2.05) is 0 Å². The van der Waals surface area contributed by atoms with Gasteiger partial charge in [-0.2, -0.15) is 0 Å². The molecular formula is C13H13N3O5. The third-order valence-corrected chi connectivity index (χ3v) is 2.86. The summed E-state index contributed by atoms with van der Waals surface area (Å²) in [5, 5.41) is 18.8. The molecule has 1 aromatic carbocycles. The molecule has 2 aromatic rings. The fraction of sp³-hybridized carbons (Fsp3) is 0.308. The molecule has 21 heavy (non-hydrogen) atoms. The summed E-state index contributed by atoms with van der Waals surface area (Å²) < 4.78 is 15.8. The number of rotatable bonds is 5. The summed E-state index contributed by atoms with van der Waals surface area (Å²) in [5.41, 5.74) is 0.640. The Morgan fingerprint density at radius 3 is 3.00 bits per heavy atom. The van der Waals surface area contributed by atoms with Gasteiger partial charge in [0.05, 0.1) is 0 Å². The van der Waals surface area contributed by atoms with Crippen LogP contribution in [0.4, 0.5) is 0 Å². The van der Waals surface area contributed by atoms with Crippen molar-refractivity contribution >= 4 is 5.91 Å². The largest absolute Gasteiger partial charge is 0.454 e. The zero-order valence-electron chi connectivity index (χ0n) is 11.0. The van der Waals surface area contributed by atoms with E-state index in [4.69, 9.17) is 19.0 Å². The van der Waals surface area contributed by atoms with Crippen LogP contribution in [0.1, 0.15) is 17.1 Å². The SMILES string of the molecule is O=C(NCCCO)c1nnc(-c2ccc3c(c2)OCO3)o1. The van der Waals surface area contributed by atoms with E-state index in [0.717, 1.165) is 0 Å². The van der Waals surface area contributed by atoms with Crippen LogP contribution in [0.2, 0.25) is 0 Å². The number of nitrogens with zero attached hydrogens (tertiary/aromatic N) is 2. The van der Waals surface area contributed by atoms with E-state index in [1.54, 1.807) is 18.2 Å². The lowest BCUT2D eigenvalue weighted by molar-refractivity contribution is 0.0917. The Morgan fingerprint density at radius 1 is 1.29 bits per heavy atom. The lowest BCUT2D eigenvalue weighted by Gasteiger charge is -1.99. The molecular weight excluding hydrogens is 278 g/mol. The van der Waals surface area contributed by atoms with Gasteiger partial charge < -0.3 is 24.3 Å². The molecule has 0 radical (unpaired) electrons. The summed E-state index contributed by atoms with van der Waals surface area (Å²) in [6, 6.07) is 5.20. The quantitative estimate of drug-likeness (QED) is 0.776. The highest BCUT2D eigenvalue weighted by molar-refractivity contribution is 5.89. The van der Waals surface area contributed by atoms with Gasteiger partial charge >= 0.3 is 11.8 Å². The molecule has 1 aromatic heterocycles. The maximum Gasteiger partial charge on any atom is 0.308 e. The first-order valence-corrected chi connectivity index (χ1v) is 6.40. The molecule has 110 valence electrons. The van der Waals surface area contributed by atoms with Crippen molar-refractivity contribution in [3.05, 3.63) is 24.1 Å². The highest BCUT2D eigenvalue weighted by atomic mass is 16.7. The maximum absolute atomic E-state index is 11.7. The van der Waals surface area contributed by atoms with Crippen molar-refractivity contribution in [2.75, 3.05) is 19.9 Å². The summed E-state index contributed by atoms with van der Waals surface area (Å²) in [6.45, 7) is 0.533. The number of ether oxygens (including phenoxy) is 2. The van der Waals surface area contributed by atoms with Gasteiger partial charge in [0.15, 0.2) is 11.5 Å². The highest BCUT2D eigenvalue weighted by Crippen LogP contribution is 2.35. The Morgan fingerprint density at radius 2 is 2.14 bits per heavy atom. The number of nitrogens with one attached hydrogen (secondary N) is 1. The van der Waals surface area contributed by atoms with Crippen molar-refractivity contribution in [1.82, 2.24) is 15.5 Å². The minimum atomic E-state index is -0.469. The van der Waals surface area contributed by atoms with Gasteiger partial charge in [0.1, 0.15) is 0 Å². The van der Waals surface area contributed by atoms with E-state index < -0.39 is 5.91 Å².